The zero-order valence-electron chi connectivity index (χ0n) is 16.1. The van der Waals surface area contributed by atoms with E-state index in [0.717, 1.165) is 28.2 Å². The van der Waals surface area contributed by atoms with Crippen molar-refractivity contribution in [3.63, 3.8) is 0 Å². The Morgan fingerprint density at radius 1 is 1.27 bits per heavy atom. The van der Waals surface area contributed by atoms with E-state index in [9.17, 15) is 14.4 Å². The van der Waals surface area contributed by atoms with Gasteiger partial charge in [0.05, 0.1) is 17.5 Å². The molecule has 3 heterocycles. The number of aromatic nitrogens is 1. The average molecular weight is 422 g/mol. The quantitative estimate of drug-likeness (QED) is 0.461. The van der Waals surface area contributed by atoms with Crippen LogP contribution in [0.25, 0.3) is 17.0 Å². The monoisotopic (exact) mass is 422 g/mol. The summed E-state index contributed by atoms with van der Waals surface area (Å²) in [5.41, 5.74) is 1.68. The molecule has 0 saturated carbocycles. The molecule has 8 heteroatoms. The van der Waals surface area contributed by atoms with Crippen LogP contribution in [-0.4, -0.2) is 37.7 Å². The Balaban J connectivity index is 1.71. The highest BCUT2D eigenvalue weighted by Crippen LogP contribution is 2.35. The van der Waals surface area contributed by atoms with E-state index in [-0.39, 0.29) is 22.9 Å². The maximum atomic E-state index is 12.7. The van der Waals surface area contributed by atoms with E-state index in [2.05, 4.69) is 6.58 Å². The fraction of sp³-hybridized carbons (Fsp3) is 0.136. The van der Waals surface area contributed by atoms with Gasteiger partial charge in [0, 0.05) is 22.7 Å². The molecule has 0 spiro atoms. The van der Waals surface area contributed by atoms with Crippen LogP contribution in [0.2, 0.25) is 0 Å². The molecule has 0 unspecified atom stereocenters. The summed E-state index contributed by atoms with van der Waals surface area (Å²) in [7, 11) is 0. The van der Waals surface area contributed by atoms with Crippen molar-refractivity contribution >= 4 is 45.9 Å². The highest BCUT2D eigenvalue weighted by atomic mass is 32.2. The molecule has 1 fully saturated rings. The van der Waals surface area contributed by atoms with Crippen LogP contribution < -0.4 is 0 Å². The van der Waals surface area contributed by atoms with Crippen LogP contribution in [0, 0.1) is 0 Å². The lowest BCUT2D eigenvalue weighted by Gasteiger charge is -2.17. The highest BCUT2D eigenvalue weighted by molar-refractivity contribution is 8.18. The van der Waals surface area contributed by atoms with Gasteiger partial charge in [-0.3, -0.25) is 14.5 Å². The topological polar surface area (TPSA) is 92.8 Å². The predicted molar refractivity (Wildman–Crippen MR) is 114 cm³/mol. The van der Waals surface area contributed by atoms with Crippen molar-refractivity contribution in [2.45, 2.75) is 19.5 Å². The molecule has 2 aromatic heterocycles. The van der Waals surface area contributed by atoms with Crippen LogP contribution in [0.3, 0.4) is 0 Å². The molecular formula is C22H18N2O5S. The lowest BCUT2D eigenvalue weighted by Crippen LogP contribution is -2.35. The van der Waals surface area contributed by atoms with Gasteiger partial charge in [0.25, 0.3) is 11.1 Å². The van der Waals surface area contributed by atoms with Crippen LogP contribution in [0.1, 0.15) is 28.8 Å². The number of fused-ring (bicyclic) bond motifs is 1. The molecule has 0 radical (unpaired) electrons. The Bertz CT molecular complexity index is 1220. The molecule has 0 aliphatic carbocycles. The van der Waals surface area contributed by atoms with Gasteiger partial charge in [0.15, 0.2) is 0 Å². The van der Waals surface area contributed by atoms with E-state index >= 15 is 0 Å². The number of furan rings is 1. The van der Waals surface area contributed by atoms with Gasteiger partial charge in [-0.2, -0.15) is 0 Å². The minimum absolute atomic E-state index is 0.119. The summed E-state index contributed by atoms with van der Waals surface area (Å²) in [5.74, 6) is -1.08. The number of imide groups is 1. The molecule has 1 N–H and O–H groups in total. The minimum atomic E-state index is -1.12. The molecular weight excluding hydrogens is 404 g/mol. The summed E-state index contributed by atoms with van der Waals surface area (Å²) in [4.78, 5) is 37.6. The molecule has 152 valence electrons. The minimum Gasteiger partial charge on any atom is -0.475 e. The van der Waals surface area contributed by atoms with Crippen molar-refractivity contribution in [3.8, 4) is 0 Å². The Morgan fingerprint density at radius 3 is 2.73 bits per heavy atom. The fourth-order valence-electron chi connectivity index (χ4n) is 3.34. The first kappa shape index (κ1) is 19.8. The Hall–Kier alpha value is -3.52. The van der Waals surface area contributed by atoms with Gasteiger partial charge in [-0.25, -0.2) is 4.79 Å². The number of carbonyl (C=O) groups excluding carboxylic acids is 2. The normalized spacial score (nSPS) is 16.6. The molecule has 0 bridgehead atoms. The highest BCUT2D eigenvalue weighted by Gasteiger charge is 2.37. The van der Waals surface area contributed by atoms with Crippen molar-refractivity contribution in [1.29, 1.82) is 0 Å². The molecule has 1 aromatic carbocycles. The number of aromatic carboxylic acids is 1. The molecule has 7 nitrogen and oxygen atoms in total. The third-order valence-corrected chi connectivity index (χ3v) is 5.76. The first-order chi connectivity index (χ1) is 14.4. The van der Waals surface area contributed by atoms with Gasteiger partial charge in [-0.15, -0.1) is 6.58 Å². The molecule has 1 aliphatic heterocycles. The van der Waals surface area contributed by atoms with Crippen molar-refractivity contribution in [3.05, 3.63) is 77.2 Å². The van der Waals surface area contributed by atoms with Crippen LogP contribution in [0.15, 0.2) is 64.6 Å². The van der Waals surface area contributed by atoms with Crippen molar-refractivity contribution in [2.24, 2.45) is 0 Å². The number of para-hydroxylation sites is 1. The van der Waals surface area contributed by atoms with E-state index < -0.39 is 5.97 Å². The second-order valence-corrected chi connectivity index (χ2v) is 7.82. The zero-order valence-corrected chi connectivity index (χ0v) is 16.9. The number of carboxylic acids is 1. The third-order valence-electron chi connectivity index (χ3n) is 4.88. The van der Waals surface area contributed by atoms with Gasteiger partial charge in [-0.05, 0) is 43.0 Å². The Morgan fingerprint density at radius 2 is 2.03 bits per heavy atom. The number of thioether (sulfide) groups is 1. The SMILES string of the molecule is C=C[C@H](C)N1C(=O)S/C(=C\c2cn(Cc3ccc(C(=O)O)o3)c3ccccc23)C1=O. The van der Waals surface area contributed by atoms with Crippen LogP contribution >= 0.6 is 11.8 Å². The van der Waals surface area contributed by atoms with Gasteiger partial charge in [0.2, 0.25) is 5.76 Å². The summed E-state index contributed by atoms with van der Waals surface area (Å²) < 4.78 is 7.29. The van der Waals surface area contributed by atoms with Crippen molar-refractivity contribution in [2.75, 3.05) is 0 Å². The maximum absolute atomic E-state index is 12.7. The van der Waals surface area contributed by atoms with Gasteiger partial charge in [0.1, 0.15) is 5.76 Å². The summed E-state index contributed by atoms with van der Waals surface area (Å²) in [5, 5.41) is 9.63. The summed E-state index contributed by atoms with van der Waals surface area (Å²) in [6.45, 7) is 5.73. The number of hydrogen-bond donors (Lipinski definition) is 1. The first-order valence-corrected chi connectivity index (χ1v) is 10.00. The number of amides is 2. The van der Waals surface area contributed by atoms with Crippen LogP contribution in [0.4, 0.5) is 4.79 Å². The molecule has 3 aromatic rings. The van der Waals surface area contributed by atoms with E-state index in [1.807, 2.05) is 35.0 Å². The number of benzene rings is 1. The number of rotatable bonds is 6. The second kappa shape index (κ2) is 7.72. The van der Waals surface area contributed by atoms with Crippen molar-refractivity contribution < 1.29 is 23.9 Å². The Labute approximate surface area is 176 Å². The number of hydrogen-bond acceptors (Lipinski definition) is 5. The van der Waals surface area contributed by atoms with Crippen molar-refractivity contribution in [1.82, 2.24) is 9.47 Å². The van der Waals surface area contributed by atoms with Gasteiger partial charge in [-0.1, -0.05) is 24.3 Å². The standard InChI is InChI=1S/C22H18N2O5S/c1-3-13(2)24-20(25)19(30-22(24)28)10-14-11-23(17-7-5-4-6-16(14)17)12-15-8-9-18(29-15)21(26)27/h3-11,13H,1,12H2,2H3,(H,26,27)/b19-10-/t13-/m0/s1. The van der Waals surface area contributed by atoms with Gasteiger partial charge < -0.3 is 14.1 Å². The summed E-state index contributed by atoms with van der Waals surface area (Å²) >= 11 is 0.906. The van der Waals surface area contributed by atoms with E-state index in [1.54, 1.807) is 25.1 Å². The Kier molecular flexibility index (Phi) is 5.09. The zero-order chi connectivity index (χ0) is 21.4. The maximum Gasteiger partial charge on any atom is 0.371 e. The molecule has 2 amide bonds. The van der Waals surface area contributed by atoms with Gasteiger partial charge >= 0.3 is 5.97 Å². The van der Waals surface area contributed by atoms with Crippen LogP contribution in [0.5, 0.6) is 0 Å². The summed E-state index contributed by atoms with van der Waals surface area (Å²) in [6.07, 6.45) is 5.13. The predicted octanol–water partition coefficient (Wildman–Crippen LogP) is 4.59. The second-order valence-electron chi connectivity index (χ2n) is 6.83. The number of carbonyl (C=O) groups is 3. The molecule has 1 atom stereocenters. The largest absolute Gasteiger partial charge is 0.475 e. The van der Waals surface area contributed by atoms with E-state index in [4.69, 9.17) is 9.52 Å². The first-order valence-electron chi connectivity index (χ1n) is 9.18. The summed E-state index contributed by atoms with van der Waals surface area (Å²) in [6, 6.07) is 10.3. The lowest BCUT2D eigenvalue weighted by atomic mass is 10.1. The molecule has 1 aliphatic rings. The van der Waals surface area contributed by atoms with Crippen LogP contribution in [-0.2, 0) is 11.3 Å². The number of carboxylic acid groups (broad SMARTS) is 1. The average Bonchev–Trinajstić information content (AvgIpc) is 3.40. The smallest absolute Gasteiger partial charge is 0.371 e. The molecule has 30 heavy (non-hydrogen) atoms. The lowest BCUT2D eigenvalue weighted by molar-refractivity contribution is -0.123. The number of nitrogens with zero attached hydrogens (tertiary/aromatic N) is 2. The molecule has 4 rings (SSSR count). The van der Waals surface area contributed by atoms with E-state index in [0.29, 0.717) is 17.2 Å². The fourth-order valence-corrected chi connectivity index (χ4v) is 4.25. The van der Waals surface area contributed by atoms with E-state index in [1.165, 1.54) is 11.0 Å². The third kappa shape index (κ3) is 3.46. The molecule has 1 saturated heterocycles.